The smallest absolute Gasteiger partial charge is 0.143 e. The Morgan fingerprint density at radius 3 is 3.06 bits per heavy atom. The lowest BCUT2D eigenvalue weighted by atomic mass is 9.97. The lowest BCUT2D eigenvalue weighted by molar-refractivity contribution is 0.461. The maximum Gasteiger partial charge on any atom is 0.143 e. The zero-order valence-electron chi connectivity index (χ0n) is 17.9. The van der Waals surface area contributed by atoms with Crippen molar-refractivity contribution in [1.29, 1.82) is 0 Å². The highest BCUT2D eigenvalue weighted by molar-refractivity contribution is 5.82. The molecule has 4 heterocycles. The summed E-state index contributed by atoms with van der Waals surface area (Å²) in [6, 6.07) is 11.9. The Hall–Kier alpha value is -2.95. The van der Waals surface area contributed by atoms with Crippen LogP contribution in [-0.4, -0.2) is 26.1 Å². The summed E-state index contributed by atoms with van der Waals surface area (Å²) in [5.41, 5.74) is 5.00. The maximum atomic E-state index is 4.96. The molecule has 2 unspecified atom stereocenters. The molecule has 2 aliphatic rings. The second-order valence-corrected chi connectivity index (χ2v) is 9.30. The summed E-state index contributed by atoms with van der Waals surface area (Å²) in [5.74, 6) is 1.88. The van der Waals surface area contributed by atoms with E-state index in [0.717, 1.165) is 47.7 Å². The number of hydrogen-bond acceptors (Lipinski definition) is 4. The van der Waals surface area contributed by atoms with E-state index < -0.39 is 0 Å². The molecule has 4 aromatic rings. The molecule has 5 heteroatoms. The highest BCUT2D eigenvalue weighted by Crippen LogP contribution is 2.38. The molecule has 0 radical (unpaired) electrons. The van der Waals surface area contributed by atoms with Crippen LogP contribution in [0.1, 0.15) is 55.7 Å². The molecule has 3 aromatic heterocycles. The fourth-order valence-corrected chi connectivity index (χ4v) is 5.53. The van der Waals surface area contributed by atoms with Crippen molar-refractivity contribution in [3.8, 4) is 0 Å². The van der Waals surface area contributed by atoms with E-state index in [1.54, 1.807) is 6.33 Å². The van der Waals surface area contributed by atoms with E-state index in [-0.39, 0.29) is 0 Å². The van der Waals surface area contributed by atoms with Crippen molar-refractivity contribution in [2.24, 2.45) is 5.92 Å². The minimum Gasteiger partial charge on any atom is -0.370 e. The third-order valence-corrected chi connectivity index (χ3v) is 7.25. The van der Waals surface area contributed by atoms with Crippen LogP contribution < -0.4 is 5.32 Å². The van der Waals surface area contributed by atoms with E-state index in [0.29, 0.717) is 6.04 Å². The third kappa shape index (κ3) is 3.67. The summed E-state index contributed by atoms with van der Waals surface area (Å²) < 4.78 is 2.37. The van der Waals surface area contributed by atoms with Gasteiger partial charge in [-0.2, -0.15) is 0 Å². The number of pyridine rings is 1. The van der Waals surface area contributed by atoms with E-state index in [4.69, 9.17) is 4.98 Å². The topological polar surface area (TPSA) is 55.6 Å². The SMILES string of the molecule is c1ncc2ccn(C3CCC(CCc4ccc5cc6c(nc5c4)NCCCC6)C3)c2n1. The van der Waals surface area contributed by atoms with Gasteiger partial charge in [-0.3, -0.25) is 0 Å². The fraction of sp³-hybridized carbons (Fsp3) is 0.423. The molecular weight excluding hydrogens is 382 g/mol. The van der Waals surface area contributed by atoms with Gasteiger partial charge >= 0.3 is 0 Å². The highest BCUT2D eigenvalue weighted by Gasteiger charge is 2.26. The van der Waals surface area contributed by atoms with Crippen molar-refractivity contribution in [2.45, 2.75) is 57.4 Å². The molecule has 5 nitrogen and oxygen atoms in total. The predicted molar refractivity (Wildman–Crippen MR) is 125 cm³/mol. The van der Waals surface area contributed by atoms with Gasteiger partial charge in [-0.25, -0.2) is 15.0 Å². The molecule has 0 bridgehead atoms. The van der Waals surface area contributed by atoms with Gasteiger partial charge in [-0.15, -0.1) is 0 Å². The first-order valence-electron chi connectivity index (χ1n) is 11.8. The lowest BCUT2D eigenvalue weighted by Crippen LogP contribution is -2.05. The number of nitrogens with zero attached hydrogens (tertiary/aromatic N) is 4. The van der Waals surface area contributed by atoms with Crippen molar-refractivity contribution in [3.63, 3.8) is 0 Å². The van der Waals surface area contributed by atoms with E-state index >= 15 is 0 Å². The van der Waals surface area contributed by atoms with Gasteiger partial charge in [-0.05, 0) is 86.6 Å². The number of rotatable bonds is 4. The molecule has 158 valence electrons. The van der Waals surface area contributed by atoms with Gasteiger partial charge in [0.05, 0.1) is 5.52 Å². The molecule has 0 saturated heterocycles. The van der Waals surface area contributed by atoms with Crippen LogP contribution in [0.25, 0.3) is 21.9 Å². The van der Waals surface area contributed by atoms with E-state index in [1.165, 1.54) is 55.0 Å². The molecule has 1 saturated carbocycles. The standard InChI is InChI=1S/C26H29N5/c1-2-11-28-25-21(3-1)15-20-8-6-19(14-24(20)30-25)5-4-18-7-9-23(13-18)31-12-10-22-16-27-17-29-26(22)31/h6,8,10,12,14-18,23H,1-5,7,9,11,13H2,(H,28,30). The summed E-state index contributed by atoms with van der Waals surface area (Å²) >= 11 is 0. The molecule has 1 fully saturated rings. The first-order chi connectivity index (χ1) is 15.3. The van der Waals surface area contributed by atoms with E-state index in [1.807, 2.05) is 6.20 Å². The van der Waals surface area contributed by atoms with Crippen molar-refractivity contribution >= 4 is 27.8 Å². The van der Waals surface area contributed by atoms with Gasteiger partial charge < -0.3 is 9.88 Å². The second kappa shape index (κ2) is 7.95. The molecule has 0 amide bonds. The second-order valence-electron chi connectivity index (χ2n) is 9.30. The number of anilines is 1. The van der Waals surface area contributed by atoms with Crippen molar-refractivity contribution in [3.05, 3.63) is 60.2 Å². The quantitative estimate of drug-likeness (QED) is 0.468. The van der Waals surface area contributed by atoms with Gasteiger partial charge in [0, 0.05) is 35.8 Å². The minimum atomic E-state index is 0.567. The Balaban J connectivity index is 1.14. The van der Waals surface area contributed by atoms with Crippen molar-refractivity contribution in [2.75, 3.05) is 11.9 Å². The maximum absolute atomic E-state index is 4.96. The highest BCUT2D eigenvalue weighted by atomic mass is 15.1. The Labute approximate surface area is 182 Å². The summed E-state index contributed by atoms with van der Waals surface area (Å²) in [4.78, 5) is 13.6. The molecule has 2 atom stereocenters. The zero-order chi connectivity index (χ0) is 20.6. The third-order valence-electron chi connectivity index (χ3n) is 7.25. The number of aromatic nitrogens is 4. The Morgan fingerprint density at radius 2 is 2.06 bits per heavy atom. The molecule has 1 aromatic carbocycles. The summed E-state index contributed by atoms with van der Waals surface area (Å²) in [6.07, 6.45) is 15.6. The minimum absolute atomic E-state index is 0.567. The van der Waals surface area contributed by atoms with Gasteiger partial charge in [-0.1, -0.05) is 12.1 Å². The summed E-state index contributed by atoms with van der Waals surface area (Å²) in [6.45, 7) is 1.04. The summed E-state index contributed by atoms with van der Waals surface area (Å²) in [5, 5.41) is 5.93. The van der Waals surface area contributed by atoms with Crippen LogP contribution in [0.15, 0.2) is 49.1 Å². The average molecular weight is 412 g/mol. The first kappa shape index (κ1) is 18.8. The molecule has 1 aliphatic heterocycles. The van der Waals surface area contributed by atoms with Crippen LogP contribution in [-0.2, 0) is 12.8 Å². The molecule has 1 N–H and O–H groups in total. The van der Waals surface area contributed by atoms with Crippen LogP contribution in [0.2, 0.25) is 0 Å². The van der Waals surface area contributed by atoms with Crippen LogP contribution in [0, 0.1) is 5.92 Å². The molecule has 6 rings (SSSR count). The van der Waals surface area contributed by atoms with E-state index in [2.05, 4.69) is 56.4 Å². The van der Waals surface area contributed by atoms with Crippen LogP contribution in [0.5, 0.6) is 0 Å². The first-order valence-corrected chi connectivity index (χ1v) is 11.8. The van der Waals surface area contributed by atoms with Gasteiger partial charge in [0.2, 0.25) is 0 Å². The summed E-state index contributed by atoms with van der Waals surface area (Å²) in [7, 11) is 0. The van der Waals surface area contributed by atoms with Crippen LogP contribution >= 0.6 is 0 Å². The number of fused-ring (bicyclic) bond motifs is 3. The fourth-order valence-electron chi connectivity index (χ4n) is 5.53. The number of benzene rings is 1. The van der Waals surface area contributed by atoms with Crippen molar-refractivity contribution < 1.29 is 0 Å². The van der Waals surface area contributed by atoms with Crippen molar-refractivity contribution in [1.82, 2.24) is 19.5 Å². The average Bonchev–Trinajstić information content (AvgIpc) is 3.38. The molecule has 31 heavy (non-hydrogen) atoms. The zero-order valence-corrected chi connectivity index (χ0v) is 17.9. The molecular formula is C26H29N5. The van der Waals surface area contributed by atoms with Gasteiger partial charge in [0.1, 0.15) is 17.8 Å². The largest absolute Gasteiger partial charge is 0.370 e. The van der Waals surface area contributed by atoms with Crippen LogP contribution in [0.3, 0.4) is 0 Å². The Kier molecular flexibility index (Phi) is 4.82. The lowest BCUT2D eigenvalue weighted by Gasteiger charge is -2.14. The van der Waals surface area contributed by atoms with Gasteiger partial charge in [0.25, 0.3) is 0 Å². The molecule has 1 aliphatic carbocycles. The molecule has 0 spiro atoms. The normalized spacial score (nSPS) is 21.2. The number of aryl methyl sites for hydroxylation is 2. The Bertz CT molecular complexity index is 1230. The van der Waals surface area contributed by atoms with E-state index in [9.17, 15) is 0 Å². The van der Waals surface area contributed by atoms with Gasteiger partial charge in [0.15, 0.2) is 0 Å². The monoisotopic (exact) mass is 411 g/mol. The van der Waals surface area contributed by atoms with Crippen LogP contribution in [0.4, 0.5) is 5.82 Å². The number of hydrogen-bond donors (Lipinski definition) is 1. The number of nitrogens with one attached hydrogen (secondary N) is 1. The predicted octanol–water partition coefficient (Wildman–Crippen LogP) is 5.70. The Morgan fingerprint density at radius 1 is 1.06 bits per heavy atom.